The van der Waals surface area contributed by atoms with Crippen molar-refractivity contribution in [3.8, 4) is 23.0 Å². The van der Waals surface area contributed by atoms with Crippen LogP contribution in [-0.2, 0) is 14.3 Å². The fourth-order valence-electron chi connectivity index (χ4n) is 3.76. The van der Waals surface area contributed by atoms with Gasteiger partial charge < -0.3 is 34.7 Å². The zero-order valence-corrected chi connectivity index (χ0v) is 18.1. The summed E-state index contributed by atoms with van der Waals surface area (Å²) < 4.78 is 27.4. The summed E-state index contributed by atoms with van der Waals surface area (Å²) in [4.78, 5) is 35.5. The first-order valence-corrected chi connectivity index (χ1v) is 10.5. The number of nitrogens with two attached hydrogens (primary N) is 1. The summed E-state index contributed by atoms with van der Waals surface area (Å²) in [6.45, 7) is -0.819. The lowest BCUT2D eigenvalue weighted by Gasteiger charge is -2.21. The summed E-state index contributed by atoms with van der Waals surface area (Å²) in [5.41, 5.74) is 5.71. The maximum Gasteiger partial charge on any atom is 0.338 e. The summed E-state index contributed by atoms with van der Waals surface area (Å²) >= 11 is 0. The molecule has 0 atom stereocenters. The molecule has 174 valence electrons. The SMILES string of the molecule is COc1cc(C(=O)OCC(=O)Nc2ccc3c(c2)OC2(CCCC2)O3)ccc1OCC(N)=O. The van der Waals surface area contributed by atoms with Crippen molar-refractivity contribution in [3.05, 3.63) is 42.0 Å². The molecule has 10 nitrogen and oxygen atoms in total. The van der Waals surface area contributed by atoms with Gasteiger partial charge in [-0.3, -0.25) is 9.59 Å². The fourth-order valence-corrected chi connectivity index (χ4v) is 3.76. The number of nitrogens with one attached hydrogen (secondary N) is 1. The Morgan fingerprint density at radius 3 is 2.48 bits per heavy atom. The van der Waals surface area contributed by atoms with Gasteiger partial charge in [0.25, 0.3) is 17.6 Å². The lowest BCUT2D eigenvalue weighted by atomic mass is 10.2. The normalized spacial score (nSPS) is 15.2. The van der Waals surface area contributed by atoms with Gasteiger partial charge in [0.2, 0.25) is 0 Å². The van der Waals surface area contributed by atoms with Crippen LogP contribution in [0.15, 0.2) is 36.4 Å². The Labute approximate surface area is 189 Å². The molecule has 1 heterocycles. The van der Waals surface area contributed by atoms with E-state index in [9.17, 15) is 14.4 Å². The average Bonchev–Trinajstić information content (AvgIpc) is 3.41. The van der Waals surface area contributed by atoms with Gasteiger partial charge in [-0.15, -0.1) is 0 Å². The summed E-state index contributed by atoms with van der Waals surface area (Å²) in [6, 6.07) is 9.40. The van der Waals surface area contributed by atoms with Gasteiger partial charge in [-0.05, 0) is 43.2 Å². The van der Waals surface area contributed by atoms with Crippen LogP contribution in [0, 0.1) is 0 Å². The Morgan fingerprint density at radius 1 is 1.00 bits per heavy atom. The highest BCUT2D eigenvalue weighted by molar-refractivity contribution is 5.96. The lowest BCUT2D eigenvalue weighted by Crippen LogP contribution is -2.34. The van der Waals surface area contributed by atoms with Crippen LogP contribution in [-0.4, -0.2) is 43.9 Å². The number of rotatable bonds is 8. The largest absolute Gasteiger partial charge is 0.493 e. The smallest absolute Gasteiger partial charge is 0.338 e. The minimum Gasteiger partial charge on any atom is -0.493 e. The first kappa shape index (κ1) is 22.3. The second-order valence-electron chi connectivity index (χ2n) is 7.73. The Kier molecular flexibility index (Phi) is 6.25. The number of benzene rings is 2. The molecule has 2 aromatic rings. The number of anilines is 1. The van der Waals surface area contributed by atoms with Gasteiger partial charge in [0.05, 0.1) is 12.7 Å². The molecular weight excluding hydrogens is 432 g/mol. The monoisotopic (exact) mass is 456 g/mol. The standard InChI is InChI=1S/C23H24N2O8/c1-29-18-10-14(4-6-16(18)30-12-20(24)26)22(28)31-13-21(27)25-15-5-7-17-19(11-15)33-23(32-17)8-2-3-9-23/h4-7,10-11H,2-3,8-9,12-13H2,1H3,(H2,24,26)(H,25,27). The number of methoxy groups -OCH3 is 1. The van der Waals surface area contributed by atoms with Crippen molar-refractivity contribution < 1.29 is 38.1 Å². The highest BCUT2D eigenvalue weighted by Crippen LogP contribution is 2.47. The van der Waals surface area contributed by atoms with E-state index in [1.165, 1.54) is 25.3 Å². The quantitative estimate of drug-likeness (QED) is 0.578. The molecule has 1 aliphatic carbocycles. The van der Waals surface area contributed by atoms with Crippen LogP contribution in [0.2, 0.25) is 0 Å². The van der Waals surface area contributed by atoms with Crippen molar-refractivity contribution >= 4 is 23.5 Å². The van der Waals surface area contributed by atoms with Gasteiger partial charge in [0.15, 0.2) is 36.2 Å². The van der Waals surface area contributed by atoms with Crippen molar-refractivity contribution in [1.82, 2.24) is 0 Å². The molecule has 0 bridgehead atoms. The fraction of sp³-hybridized carbons (Fsp3) is 0.348. The first-order chi connectivity index (χ1) is 15.9. The van der Waals surface area contributed by atoms with E-state index >= 15 is 0 Å². The van der Waals surface area contributed by atoms with E-state index in [1.807, 2.05) is 0 Å². The third kappa shape index (κ3) is 5.11. The Morgan fingerprint density at radius 2 is 1.76 bits per heavy atom. The number of esters is 1. The van der Waals surface area contributed by atoms with E-state index in [0.29, 0.717) is 17.2 Å². The molecule has 1 fully saturated rings. The number of carbonyl (C=O) groups is 3. The third-order valence-corrected chi connectivity index (χ3v) is 5.29. The summed E-state index contributed by atoms with van der Waals surface area (Å²) in [5.74, 6) is -0.765. The number of hydrogen-bond acceptors (Lipinski definition) is 8. The lowest BCUT2D eigenvalue weighted by molar-refractivity contribution is -0.120. The van der Waals surface area contributed by atoms with E-state index in [1.54, 1.807) is 18.2 Å². The molecule has 4 rings (SSSR count). The molecule has 1 saturated carbocycles. The number of primary amides is 1. The van der Waals surface area contributed by atoms with Crippen molar-refractivity contribution in [3.63, 3.8) is 0 Å². The van der Waals surface area contributed by atoms with Crippen LogP contribution in [0.5, 0.6) is 23.0 Å². The Balaban J connectivity index is 1.31. The molecule has 2 aromatic carbocycles. The molecule has 2 amide bonds. The number of amides is 2. The minimum atomic E-state index is -0.723. The molecule has 1 aliphatic heterocycles. The summed E-state index contributed by atoms with van der Waals surface area (Å²) in [6.07, 6.45) is 3.78. The van der Waals surface area contributed by atoms with Crippen LogP contribution in [0.4, 0.5) is 5.69 Å². The number of hydrogen-bond donors (Lipinski definition) is 2. The van der Waals surface area contributed by atoms with Gasteiger partial charge in [0, 0.05) is 24.6 Å². The van der Waals surface area contributed by atoms with Gasteiger partial charge in [-0.1, -0.05) is 0 Å². The van der Waals surface area contributed by atoms with Crippen LogP contribution < -0.4 is 30.0 Å². The molecule has 0 unspecified atom stereocenters. The van der Waals surface area contributed by atoms with Crippen LogP contribution in [0.25, 0.3) is 0 Å². The van der Waals surface area contributed by atoms with Crippen molar-refractivity contribution in [2.45, 2.75) is 31.5 Å². The van der Waals surface area contributed by atoms with E-state index in [2.05, 4.69) is 5.32 Å². The van der Waals surface area contributed by atoms with Gasteiger partial charge in [-0.25, -0.2) is 4.79 Å². The summed E-state index contributed by atoms with van der Waals surface area (Å²) in [7, 11) is 1.38. The zero-order valence-electron chi connectivity index (χ0n) is 18.1. The minimum absolute atomic E-state index is 0.149. The molecule has 3 N–H and O–H groups in total. The third-order valence-electron chi connectivity index (χ3n) is 5.29. The molecule has 0 radical (unpaired) electrons. The Bertz CT molecular complexity index is 1080. The van der Waals surface area contributed by atoms with Crippen molar-refractivity contribution in [2.24, 2.45) is 5.73 Å². The van der Waals surface area contributed by atoms with Crippen molar-refractivity contribution in [1.29, 1.82) is 0 Å². The highest BCUT2D eigenvalue weighted by Gasteiger charge is 2.44. The predicted molar refractivity (Wildman–Crippen MR) is 115 cm³/mol. The second-order valence-corrected chi connectivity index (χ2v) is 7.73. The molecule has 0 saturated heterocycles. The van der Waals surface area contributed by atoms with Gasteiger partial charge in [0.1, 0.15) is 0 Å². The average molecular weight is 456 g/mol. The van der Waals surface area contributed by atoms with Crippen LogP contribution >= 0.6 is 0 Å². The predicted octanol–water partition coefficient (Wildman–Crippen LogP) is 2.40. The molecule has 2 aliphatic rings. The maximum absolute atomic E-state index is 12.3. The number of fused-ring (bicyclic) bond motifs is 1. The zero-order chi connectivity index (χ0) is 23.4. The topological polar surface area (TPSA) is 135 Å². The van der Waals surface area contributed by atoms with Crippen molar-refractivity contribution in [2.75, 3.05) is 25.6 Å². The van der Waals surface area contributed by atoms with Gasteiger partial charge >= 0.3 is 5.97 Å². The van der Waals surface area contributed by atoms with E-state index in [-0.39, 0.29) is 23.7 Å². The Hall–Kier alpha value is -3.95. The molecule has 10 heteroatoms. The van der Waals surface area contributed by atoms with Gasteiger partial charge in [-0.2, -0.15) is 0 Å². The first-order valence-electron chi connectivity index (χ1n) is 10.5. The number of carbonyl (C=O) groups excluding carboxylic acids is 3. The molecular formula is C23H24N2O8. The van der Waals surface area contributed by atoms with E-state index < -0.39 is 30.2 Å². The molecule has 0 aromatic heterocycles. The summed E-state index contributed by atoms with van der Waals surface area (Å²) in [5, 5.41) is 2.68. The molecule has 1 spiro atoms. The van der Waals surface area contributed by atoms with E-state index in [0.717, 1.165) is 25.7 Å². The van der Waals surface area contributed by atoms with Crippen LogP contribution in [0.1, 0.15) is 36.0 Å². The second kappa shape index (κ2) is 9.27. The number of ether oxygens (including phenoxy) is 5. The van der Waals surface area contributed by atoms with Crippen LogP contribution in [0.3, 0.4) is 0 Å². The highest BCUT2D eigenvalue weighted by atomic mass is 16.7. The molecule has 33 heavy (non-hydrogen) atoms. The van der Waals surface area contributed by atoms with E-state index in [4.69, 9.17) is 29.4 Å². The maximum atomic E-state index is 12.3.